The molecule has 0 bridgehead atoms. The van der Waals surface area contributed by atoms with Crippen molar-refractivity contribution in [3.63, 3.8) is 0 Å². The zero-order valence-electron chi connectivity index (χ0n) is 17.3. The number of benzene rings is 2. The average molecular weight is 506 g/mol. The highest BCUT2D eigenvalue weighted by Crippen LogP contribution is 2.40. The highest BCUT2D eigenvalue weighted by atomic mass is 127. The van der Waals surface area contributed by atoms with Crippen LogP contribution < -0.4 is 5.73 Å². The first-order chi connectivity index (χ1) is 14.0. The zero-order chi connectivity index (χ0) is 20.5. The summed E-state index contributed by atoms with van der Waals surface area (Å²) in [5.41, 5.74) is 11.9. The van der Waals surface area contributed by atoms with Gasteiger partial charge in [0, 0.05) is 28.6 Å². The van der Waals surface area contributed by atoms with Crippen molar-refractivity contribution in [1.29, 1.82) is 0 Å². The van der Waals surface area contributed by atoms with E-state index in [1.807, 2.05) is 13.0 Å². The number of phenolic OH excluding ortho intramolecular Hbond substituents is 1. The summed E-state index contributed by atoms with van der Waals surface area (Å²) in [5, 5.41) is 10.6. The van der Waals surface area contributed by atoms with Gasteiger partial charge in [-0.15, -0.1) is 0 Å². The molecule has 0 amide bonds. The molecule has 4 nitrogen and oxygen atoms in total. The molecule has 2 atom stereocenters. The molecule has 2 aliphatic rings. The van der Waals surface area contributed by atoms with Crippen molar-refractivity contribution in [3.05, 3.63) is 61.7 Å². The second-order valence-electron chi connectivity index (χ2n) is 8.56. The van der Waals surface area contributed by atoms with Gasteiger partial charge < -0.3 is 15.6 Å². The van der Waals surface area contributed by atoms with Crippen LogP contribution in [0.1, 0.15) is 46.8 Å². The van der Waals surface area contributed by atoms with Gasteiger partial charge in [0.2, 0.25) is 0 Å². The van der Waals surface area contributed by atoms with Crippen LogP contribution in [0, 0.1) is 23.3 Å². The lowest BCUT2D eigenvalue weighted by Gasteiger charge is -2.40. The van der Waals surface area contributed by atoms with Crippen LogP contribution in [0.3, 0.4) is 0 Å². The third-order valence-electron chi connectivity index (χ3n) is 6.65. The number of ether oxygens (including phenoxy) is 1. The summed E-state index contributed by atoms with van der Waals surface area (Å²) in [5.74, 6) is 0.950. The Labute approximate surface area is 187 Å². The standard InChI is InChI=1S/C24H31IN2O2/c1-15-4-3-5-18(23(15)25)14-27-10-8-17(9-11-27)21-12-20-19(22(13-26)29-21)7-6-16(2)24(20)28/h3-7,17,21-22,28H,8-14,26H2,1-2H3/t21-,22-/m0/s1. The van der Waals surface area contributed by atoms with E-state index in [4.69, 9.17) is 10.5 Å². The van der Waals surface area contributed by atoms with Gasteiger partial charge in [-0.25, -0.2) is 0 Å². The molecule has 29 heavy (non-hydrogen) atoms. The second-order valence-corrected chi connectivity index (χ2v) is 9.64. The number of nitrogens with zero attached hydrogens (tertiary/aromatic N) is 1. The van der Waals surface area contributed by atoms with Crippen LogP contribution in [0.2, 0.25) is 0 Å². The Balaban J connectivity index is 1.42. The van der Waals surface area contributed by atoms with E-state index in [-0.39, 0.29) is 12.2 Å². The van der Waals surface area contributed by atoms with Crippen LogP contribution in [0.15, 0.2) is 30.3 Å². The van der Waals surface area contributed by atoms with Crippen LogP contribution in [0.4, 0.5) is 0 Å². The number of piperidine rings is 1. The van der Waals surface area contributed by atoms with Gasteiger partial charge in [-0.2, -0.15) is 0 Å². The highest BCUT2D eigenvalue weighted by Gasteiger charge is 2.35. The number of aryl methyl sites for hydroxylation is 2. The monoisotopic (exact) mass is 506 g/mol. The quantitative estimate of drug-likeness (QED) is 0.602. The number of nitrogens with two attached hydrogens (primary N) is 1. The molecule has 2 aromatic rings. The number of hydrogen-bond donors (Lipinski definition) is 2. The second kappa shape index (κ2) is 8.92. The van der Waals surface area contributed by atoms with E-state index in [0.29, 0.717) is 18.2 Å². The maximum absolute atomic E-state index is 10.6. The lowest BCUT2D eigenvalue weighted by atomic mass is 9.83. The number of halogens is 1. The molecule has 0 saturated carbocycles. The van der Waals surface area contributed by atoms with E-state index in [1.165, 1.54) is 14.7 Å². The average Bonchev–Trinajstić information content (AvgIpc) is 2.74. The van der Waals surface area contributed by atoms with Crippen molar-refractivity contribution in [2.75, 3.05) is 19.6 Å². The maximum Gasteiger partial charge on any atom is 0.122 e. The Kier molecular flexibility index (Phi) is 6.49. The first-order valence-corrected chi connectivity index (χ1v) is 11.7. The van der Waals surface area contributed by atoms with Gasteiger partial charge in [0.15, 0.2) is 0 Å². The fraction of sp³-hybridized carbons (Fsp3) is 0.500. The van der Waals surface area contributed by atoms with E-state index < -0.39 is 0 Å². The molecule has 0 unspecified atom stereocenters. The van der Waals surface area contributed by atoms with Crippen molar-refractivity contribution in [2.45, 2.75) is 51.9 Å². The molecule has 0 aromatic heterocycles. The number of rotatable bonds is 4. The van der Waals surface area contributed by atoms with E-state index in [2.05, 4.69) is 58.7 Å². The Morgan fingerprint density at radius 3 is 2.62 bits per heavy atom. The lowest BCUT2D eigenvalue weighted by Crippen LogP contribution is -2.42. The van der Waals surface area contributed by atoms with Crippen LogP contribution in [-0.4, -0.2) is 35.7 Å². The zero-order valence-corrected chi connectivity index (χ0v) is 19.5. The Morgan fingerprint density at radius 1 is 1.14 bits per heavy atom. The van der Waals surface area contributed by atoms with Crippen molar-refractivity contribution >= 4 is 22.6 Å². The topological polar surface area (TPSA) is 58.7 Å². The van der Waals surface area contributed by atoms with Crippen molar-refractivity contribution in [1.82, 2.24) is 4.90 Å². The molecule has 4 rings (SSSR count). The third-order valence-corrected chi connectivity index (χ3v) is 8.19. The van der Waals surface area contributed by atoms with Crippen LogP contribution in [-0.2, 0) is 17.7 Å². The highest BCUT2D eigenvalue weighted by molar-refractivity contribution is 14.1. The molecule has 2 heterocycles. The molecule has 1 fully saturated rings. The van der Waals surface area contributed by atoms with Gasteiger partial charge in [0.1, 0.15) is 5.75 Å². The SMILES string of the molecule is Cc1ccc2c(c1O)C[C@@H](C1CCN(Cc3cccc(C)c3I)CC1)O[C@H]2CN. The van der Waals surface area contributed by atoms with Gasteiger partial charge in [0.05, 0.1) is 12.2 Å². The third kappa shape index (κ3) is 4.33. The van der Waals surface area contributed by atoms with Gasteiger partial charge in [-0.1, -0.05) is 30.3 Å². The first kappa shape index (κ1) is 21.1. The van der Waals surface area contributed by atoms with Crippen LogP contribution in [0.5, 0.6) is 5.75 Å². The van der Waals surface area contributed by atoms with Gasteiger partial charge in [-0.05, 0) is 90.5 Å². The summed E-state index contributed by atoms with van der Waals surface area (Å²) >= 11 is 2.47. The van der Waals surface area contributed by atoms with E-state index >= 15 is 0 Å². The largest absolute Gasteiger partial charge is 0.507 e. The van der Waals surface area contributed by atoms with Crippen molar-refractivity contribution < 1.29 is 9.84 Å². The smallest absolute Gasteiger partial charge is 0.122 e. The summed E-state index contributed by atoms with van der Waals surface area (Å²) in [4.78, 5) is 2.56. The van der Waals surface area contributed by atoms with Crippen molar-refractivity contribution in [3.8, 4) is 5.75 Å². The van der Waals surface area contributed by atoms with E-state index in [1.54, 1.807) is 0 Å². The molecule has 0 spiro atoms. The maximum atomic E-state index is 10.6. The minimum absolute atomic E-state index is 0.109. The van der Waals surface area contributed by atoms with E-state index in [0.717, 1.165) is 55.6 Å². The summed E-state index contributed by atoms with van der Waals surface area (Å²) in [6.45, 7) is 7.80. The fourth-order valence-electron chi connectivity index (χ4n) is 4.83. The summed E-state index contributed by atoms with van der Waals surface area (Å²) in [6.07, 6.45) is 3.09. The Bertz CT molecular complexity index is 877. The number of aromatic hydroxyl groups is 1. The van der Waals surface area contributed by atoms with Crippen LogP contribution >= 0.6 is 22.6 Å². The molecule has 156 valence electrons. The van der Waals surface area contributed by atoms with Gasteiger partial charge >= 0.3 is 0 Å². The molecular formula is C24H31IN2O2. The predicted octanol–water partition coefficient (Wildman–Crippen LogP) is 4.47. The number of hydrogen-bond acceptors (Lipinski definition) is 4. The minimum Gasteiger partial charge on any atom is -0.507 e. The molecule has 5 heteroatoms. The Morgan fingerprint density at radius 2 is 1.90 bits per heavy atom. The minimum atomic E-state index is -0.109. The number of fused-ring (bicyclic) bond motifs is 1. The normalized spacial score (nSPS) is 23.2. The molecule has 2 aromatic carbocycles. The van der Waals surface area contributed by atoms with Gasteiger partial charge in [-0.3, -0.25) is 4.90 Å². The lowest BCUT2D eigenvalue weighted by molar-refractivity contribution is -0.0651. The summed E-state index contributed by atoms with van der Waals surface area (Å²) in [7, 11) is 0. The predicted molar refractivity (Wildman–Crippen MR) is 125 cm³/mol. The number of phenols is 1. The van der Waals surface area contributed by atoms with E-state index in [9.17, 15) is 5.11 Å². The molecule has 2 aliphatic heterocycles. The molecule has 0 radical (unpaired) electrons. The first-order valence-electron chi connectivity index (χ1n) is 10.6. The molecule has 3 N–H and O–H groups in total. The molecular weight excluding hydrogens is 475 g/mol. The number of likely N-dealkylation sites (tertiary alicyclic amines) is 1. The fourth-order valence-corrected chi connectivity index (χ4v) is 5.36. The van der Waals surface area contributed by atoms with Crippen LogP contribution in [0.25, 0.3) is 0 Å². The summed E-state index contributed by atoms with van der Waals surface area (Å²) in [6, 6.07) is 10.6. The molecule has 0 aliphatic carbocycles. The Hall–Kier alpha value is -1.15. The molecule has 1 saturated heterocycles. The van der Waals surface area contributed by atoms with Crippen molar-refractivity contribution in [2.24, 2.45) is 11.7 Å². The summed E-state index contributed by atoms with van der Waals surface area (Å²) < 4.78 is 7.81. The van der Waals surface area contributed by atoms with Gasteiger partial charge in [0.25, 0.3) is 0 Å².